The second-order valence-corrected chi connectivity index (χ2v) is 5.88. The van der Waals surface area contributed by atoms with E-state index < -0.39 is 11.9 Å². The Morgan fingerprint density at radius 1 is 1.23 bits per heavy atom. The highest BCUT2D eigenvalue weighted by Gasteiger charge is 2.35. The minimum Gasteiger partial charge on any atom is -0.420 e. The molecule has 3 rings (SSSR count). The summed E-state index contributed by atoms with van der Waals surface area (Å²) in [7, 11) is 1.29. The number of nitrogens with zero attached hydrogens (tertiary/aromatic N) is 5. The molecule has 140 valence electrons. The third-order valence-corrected chi connectivity index (χ3v) is 4.01. The number of ether oxygens (including phenoxy) is 1. The number of nitrogen functional groups attached to an aromatic ring is 1. The highest BCUT2D eigenvalue weighted by molar-refractivity contribution is 5.86. The highest BCUT2D eigenvalue weighted by atomic mass is 19.4. The van der Waals surface area contributed by atoms with Crippen LogP contribution in [0.5, 0.6) is 11.8 Å². The van der Waals surface area contributed by atoms with Crippen molar-refractivity contribution in [1.82, 2.24) is 19.7 Å². The molecule has 0 amide bonds. The van der Waals surface area contributed by atoms with Crippen molar-refractivity contribution in [2.75, 3.05) is 23.7 Å². The summed E-state index contributed by atoms with van der Waals surface area (Å²) in [5.74, 6) is -0.238. The molecule has 0 aliphatic carbocycles. The molecule has 0 radical (unpaired) electrons. The number of hydrogen-bond donors (Lipinski definition) is 1. The summed E-state index contributed by atoms with van der Waals surface area (Å²) in [6, 6.07) is 0.730. The van der Waals surface area contributed by atoms with Crippen LogP contribution in [0, 0.1) is 0 Å². The van der Waals surface area contributed by atoms with Crippen LogP contribution in [-0.2, 0) is 13.2 Å². The van der Waals surface area contributed by atoms with Crippen LogP contribution >= 0.6 is 0 Å². The van der Waals surface area contributed by atoms with Crippen LogP contribution in [0.4, 0.5) is 24.9 Å². The lowest BCUT2D eigenvalue weighted by molar-refractivity contribution is -0.141. The van der Waals surface area contributed by atoms with Gasteiger partial charge in [-0.05, 0) is 19.3 Å². The summed E-state index contributed by atoms with van der Waals surface area (Å²) in [6.07, 6.45) is -1.15. The zero-order chi connectivity index (χ0) is 18.9. The monoisotopic (exact) mass is 370 g/mol. The lowest BCUT2D eigenvalue weighted by Crippen LogP contribution is -2.31. The molecule has 1 aliphatic heterocycles. The molecule has 1 saturated heterocycles. The fourth-order valence-electron chi connectivity index (χ4n) is 2.76. The number of rotatable bonds is 4. The summed E-state index contributed by atoms with van der Waals surface area (Å²) in [5, 5.41) is 3.36. The van der Waals surface area contributed by atoms with Crippen LogP contribution in [0.3, 0.4) is 0 Å². The summed E-state index contributed by atoms with van der Waals surface area (Å²) in [6.45, 7) is 1.39. The van der Waals surface area contributed by atoms with Gasteiger partial charge in [0.25, 0.3) is 0 Å². The van der Waals surface area contributed by atoms with Crippen LogP contribution < -0.4 is 15.4 Å². The van der Waals surface area contributed by atoms with Gasteiger partial charge in [-0.1, -0.05) is 0 Å². The van der Waals surface area contributed by atoms with Gasteiger partial charge in [-0.15, -0.1) is 0 Å². The van der Waals surface area contributed by atoms with Crippen molar-refractivity contribution in [3.05, 3.63) is 17.3 Å². The van der Waals surface area contributed by atoms with E-state index >= 15 is 0 Å². The Morgan fingerprint density at radius 3 is 2.50 bits per heavy atom. The van der Waals surface area contributed by atoms with E-state index in [0.29, 0.717) is 25.2 Å². The minimum atomic E-state index is -4.61. The number of anilines is 2. The van der Waals surface area contributed by atoms with Gasteiger partial charge in [-0.25, -0.2) is 4.68 Å². The van der Waals surface area contributed by atoms with Crippen LogP contribution in [-0.4, -0.2) is 39.1 Å². The van der Waals surface area contributed by atoms with E-state index in [1.807, 2.05) is 4.90 Å². The maximum atomic E-state index is 12.8. The molecular formula is C15H17F3N6O2. The molecule has 2 aromatic rings. The van der Waals surface area contributed by atoms with Gasteiger partial charge in [0.05, 0.1) is 0 Å². The van der Waals surface area contributed by atoms with E-state index in [-0.39, 0.29) is 23.3 Å². The first-order chi connectivity index (χ1) is 12.3. The van der Waals surface area contributed by atoms with Crippen molar-refractivity contribution in [1.29, 1.82) is 0 Å². The van der Waals surface area contributed by atoms with E-state index in [2.05, 4.69) is 15.1 Å². The van der Waals surface area contributed by atoms with Crippen molar-refractivity contribution in [2.24, 2.45) is 7.05 Å². The first-order valence-corrected chi connectivity index (χ1v) is 7.96. The molecular weight excluding hydrogens is 353 g/mol. The summed E-state index contributed by atoms with van der Waals surface area (Å²) in [4.78, 5) is 21.5. The number of aromatic nitrogens is 4. The number of carbonyl (C=O) groups excluding carboxylic acids is 1. The molecule has 1 aliphatic rings. The van der Waals surface area contributed by atoms with E-state index in [1.54, 1.807) is 0 Å². The molecule has 2 N–H and O–H groups in total. The Morgan fingerprint density at radius 2 is 1.92 bits per heavy atom. The average Bonchev–Trinajstić information content (AvgIpc) is 2.96. The second kappa shape index (κ2) is 6.81. The first-order valence-electron chi connectivity index (χ1n) is 7.96. The Kier molecular flexibility index (Phi) is 4.70. The van der Waals surface area contributed by atoms with Gasteiger partial charge in [0.1, 0.15) is 11.4 Å². The first kappa shape index (κ1) is 18.0. The standard InChI is InChI=1S/C15H17F3N6O2/c1-23-11(7-10(22-23)15(16,17)18)26-13-9(8-25)12(20-14(19)21-13)24-5-3-2-4-6-24/h7-8H,2-6H2,1H3,(H2,19,20,21). The van der Waals surface area contributed by atoms with Gasteiger partial charge in [0.2, 0.25) is 17.7 Å². The SMILES string of the molecule is Cn1nc(C(F)(F)F)cc1Oc1nc(N)nc(N2CCCCC2)c1C=O. The van der Waals surface area contributed by atoms with E-state index in [1.165, 1.54) is 7.05 Å². The molecule has 0 spiro atoms. The number of nitrogens with two attached hydrogens (primary N) is 1. The number of halogens is 3. The topological polar surface area (TPSA) is 99.2 Å². The number of carbonyl (C=O) groups is 1. The van der Waals surface area contributed by atoms with Crippen molar-refractivity contribution < 1.29 is 22.7 Å². The van der Waals surface area contributed by atoms with Crippen LogP contribution in [0.25, 0.3) is 0 Å². The number of alkyl halides is 3. The number of piperidine rings is 1. The summed E-state index contributed by atoms with van der Waals surface area (Å²) < 4.78 is 44.7. The Balaban J connectivity index is 1.99. The van der Waals surface area contributed by atoms with Gasteiger partial charge >= 0.3 is 6.18 Å². The fourth-order valence-corrected chi connectivity index (χ4v) is 2.76. The molecule has 3 heterocycles. The minimum absolute atomic E-state index is 0.0378. The molecule has 1 fully saturated rings. The average molecular weight is 370 g/mol. The Labute approximate surface area is 146 Å². The Bertz CT molecular complexity index is 814. The summed E-state index contributed by atoms with van der Waals surface area (Å²) >= 11 is 0. The van der Waals surface area contributed by atoms with E-state index in [0.717, 1.165) is 30.0 Å². The smallest absolute Gasteiger partial charge is 0.420 e. The van der Waals surface area contributed by atoms with Crippen LogP contribution in [0.15, 0.2) is 6.07 Å². The zero-order valence-electron chi connectivity index (χ0n) is 14.0. The molecule has 0 bridgehead atoms. The summed E-state index contributed by atoms with van der Waals surface area (Å²) in [5.41, 5.74) is 4.64. The van der Waals surface area contributed by atoms with Gasteiger partial charge in [-0.2, -0.15) is 28.2 Å². The maximum Gasteiger partial charge on any atom is 0.435 e. The number of hydrogen-bond acceptors (Lipinski definition) is 7. The number of aryl methyl sites for hydroxylation is 1. The largest absolute Gasteiger partial charge is 0.435 e. The Hall–Kier alpha value is -2.85. The normalized spacial score (nSPS) is 15.2. The third kappa shape index (κ3) is 3.55. The van der Waals surface area contributed by atoms with E-state index in [4.69, 9.17) is 10.5 Å². The van der Waals surface area contributed by atoms with E-state index in [9.17, 15) is 18.0 Å². The molecule has 0 saturated carbocycles. The second-order valence-electron chi connectivity index (χ2n) is 5.88. The molecule has 0 unspecified atom stereocenters. The van der Waals surface area contributed by atoms with Gasteiger partial charge < -0.3 is 15.4 Å². The van der Waals surface area contributed by atoms with Crippen molar-refractivity contribution in [3.63, 3.8) is 0 Å². The lowest BCUT2D eigenvalue weighted by Gasteiger charge is -2.28. The van der Waals surface area contributed by atoms with Crippen LogP contribution in [0.2, 0.25) is 0 Å². The van der Waals surface area contributed by atoms with Gasteiger partial charge in [0.15, 0.2) is 12.0 Å². The molecule has 26 heavy (non-hydrogen) atoms. The number of aldehydes is 1. The van der Waals surface area contributed by atoms with Crippen molar-refractivity contribution in [3.8, 4) is 11.8 Å². The molecule has 2 aromatic heterocycles. The highest BCUT2D eigenvalue weighted by Crippen LogP contribution is 2.34. The van der Waals surface area contributed by atoms with Crippen molar-refractivity contribution in [2.45, 2.75) is 25.4 Å². The zero-order valence-corrected chi connectivity index (χ0v) is 14.0. The molecule has 0 atom stereocenters. The molecule has 11 heteroatoms. The lowest BCUT2D eigenvalue weighted by atomic mass is 10.1. The quantitative estimate of drug-likeness (QED) is 0.825. The van der Waals surface area contributed by atoms with Crippen LogP contribution in [0.1, 0.15) is 35.3 Å². The molecule has 8 nitrogen and oxygen atoms in total. The fraction of sp³-hybridized carbons (Fsp3) is 0.467. The third-order valence-electron chi connectivity index (χ3n) is 4.01. The van der Waals surface area contributed by atoms with Gasteiger partial charge in [0, 0.05) is 26.2 Å². The maximum absolute atomic E-state index is 12.8. The predicted molar refractivity (Wildman–Crippen MR) is 86.2 cm³/mol. The van der Waals surface area contributed by atoms with Gasteiger partial charge in [-0.3, -0.25) is 4.79 Å². The molecule has 0 aromatic carbocycles. The van der Waals surface area contributed by atoms with Crippen molar-refractivity contribution >= 4 is 18.1 Å². The predicted octanol–water partition coefficient (Wildman–Crippen LogP) is 2.41.